The van der Waals surface area contributed by atoms with Crippen LogP contribution in [0.4, 0.5) is 13.2 Å². The smallest absolute Gasteiger partial charge is 0.337 e. The highest BCUT2D eigenvalue weighted by molar-refractivity contribution is 5.93. The van der Waals surface area contributed by atoms with E-state index in [2.05, 4.69) is 16.1 Å². The van der Waals surface area contributed by atoms with E-state index in [9.17, 15) is 23.7 Å². The molecule has 0 atom stereocenters. The predicted molar refractivity (Wildman–Crippen MR) is 161 cm³/mol. The van der Waals surface area contributed by atoms with Gasteiger partial charge < -0.3 is 9.55 Å². The molecular weight excluding hydrogens is 547 g/mol. The van der Waals surface area contributed by atoms with Crippen molar-refractivity contribution >= 4 is 27.5 Å². The van der Waals surface area contributed by atoms with Crippen LogP contribution in [-0.4, -0.2) is 14.5 Å². The molecule has 0 saturated heterocycles. The van der Waals surface area contributed by atoms with Gasteiger partial charge in [0.05, 0.1) is 22.3 Å². The third-order valence-electron chi connectivity index (χ3n) is 7.31. The average Bonchev–Trinajstić information content (AvgIpc) is 3.60. The van der Waals surface area contributed by atoms with Gasteiger partial charge in [0.15, 0.2) is 5.82 Å². The number of aromatic nitrogens is 3. The van der Waals surface area contributed by atoms with Crippen molar-refractivity contribution < 1.29 is 13.2 Å². The first-order valence-electron chi connectivity index (χ1n) is 13.3. The number of nitrogens with zero attached hydrogens (tertiary/aromatic N) is 4. The summed E-state index contributed by atoms with van der Waals surface area (Å²) in [5.74, 6) is 0.618. The summed E-state index contributed by atoms with van der Waals surface area (Å²) in [4.78, 5) is 8.23. The molecule has 8 heteroatoms. The van der Waals surface area contributed by atoms with Crippen LogP contribution in [0.25, 0.3) is 50.2 Å². The Labute approximate surface area is 245 Å². The van der Waals surface area contributed by atoms with Crippen LogP contribution < -0.4 is 0 Å². The fourth-order valence-electron chi connectivity index (χ4n) is 5.31. The van der Waals surface area contributed by atoms with Gasteiger partial charge in [-0.15, -0.1) is 6.58 Å². The number of hydrogen-bond acceptors (Lipinski definition) is 3. The van der Waals surface area contributed by atoms with Crippen molar-refractivity contribution in [1.82, 2.24) is 14.5 Å². The summed E-state index contributed by atoms with van der Waals surface area (Å²) < 4.78 is 41.2. The maximum absolute atomic E-state index is 13.0. The summed E-state index contributed by atoms with van der Waals surface area (Å²) in [5, 5.41) is 20.2. The quantitative estimate of drug-likeness (QED) is 0.161. The van der Waals surface area contributed by atoms with Gasteiger partial charge in [-0.1, -0.05) is 60.7 Å². The number of rotatable bonds is 6. The van der Waals surface area contributed by atoms with Gasteiger partial charge >= 0.3 is 6.18 Å². The molecule has 5 nitrogen and oxygen atoms in total. The molecule has 0 aliphatic heterocycles. The van der Waals surface area contributed by atoms with Gasteiger partial charge in [0.2, 0.25) is 0 Å². The minimum Gasteiger partial charge on any atom is -0.337 e. The summed E-state index contributed by atoms with van der Waals surface area (Å²) in [6.45, 7) is 4.41. The lowest BCUT2D eigenvalue weighted by Gasteiger charge is -2.09. The van der Waals surface area contributed by atoms with Crippen LogP contribution in [0.1, 0.15) is 16.7 Å². The number of imidazole rings is 1. The Bertz CT molecular complexity index is 2100. The van der Waals surface area contributed by atoms with E-state index in [1.54, 1.807) is 6.08 Å². The number of aromatic amines is 1. The van der Waals surface area contributed by atoms with Crippen molar-refractivity contribution in [3.05, 3.63) is 132 Å². The maximum Gasteiger partial charge on any atom is 0.416 e. The number of nitriles is 2. The monoisotopic (exact) mass is 569 g/mol. The number of fused-ring (bicyclic) bond motifs is 2. The molecule has 0 bridgehead atoms. The van der Waals surface area contributed by atoms with Crippen LogP contribution in [0, 0.1) is 22.7 Å². The van der Waals surface area contributed by atoms with Gasteiger partial charge in [-0.05, 0) is 64.7 Å². The Kier molecular flexibility index (Phi) is 6.89. The van der Waals surface area contributed by atoms with Crippen molar-refractivity contribution in [2.45, 2.75) is 12.7 Å². The number of benzene rings is 4. The third-order valence-corrected chi connectivity index (χ3v) is 7.31. The highest BCUT2D eigenvalue weighted by atomic mass is 19.4. The Morgan fingerprint density at radius 1 is 0.860 bits per heavy atom. The minimum atomic E-state index is -4.39. The standard InChI is InChI=1S/C35H22F3N5/c1-2-16-43-31-15-11-24(22-8-12-28(13-9-22)35(36,37)38)17-26(31)19-32(43)34-41-29-14-10-25(18-30(29)42-34)33(27(20-39)21-40)23-6-4-3-5-7-23/h2-15,17-19H,1,16H2,(H,41,42). The molecule has 2 aromatic heterocycles. The molecule has 0 aliphatic carbocycles. The zero-order chi connectivity index (χ0) is 30.1. The van der Waals surface area contributed by atoms with Crippen molar-refractivity contribution in [3.8, 4) is 34.8 Å². The Balaban J connectivity index is 1.44. The maximum atomic E-state index is 13.0. The second-order valence-corrected chi connectivity index (χ2v) is 9.93. The molecule has 6 rings (SSSR count). The lowest BCUT2D eigenvalue weighted by Crippen LogP contribution is -2.03. The lowest BCUT2D eigenvalue weighted by molar-refractivity contribution is -0.137. The molecule has 0 fully saturated rings. The van der Waals surface area contributed by atoms with Crippen LogP contribution in [-0.2, 0) is 12.7 Å². The molecule has 6 aromatic rings. The first-order chi connectivity index (χ1) is 20.8. The molecule has 0 saturated carbocycles. The topological polar surface area (TPSA) is 81.2 Å². The minimum absolute atomic E-state index is 0.0141. The first-order valence-corrected chi connectivity index (χ1v) is 13.3. The molecule has 1 N–H and O–H groups in total. The number of allylic oxidation sites excluding steroid dienone is 2. The summed E-state index contributed by atoms with van der Waals surface area (Å²) in [5.41, 5.74) is 5.99. The van der Waals surface area contributed by atoms with E-state index in [0.717, 1.165) is 45.4 Å². The molecule has 0 amide bonds. The zero-order valence-electron chi connectivity index (χ0n) is 22.7. The van der Waals surface area contributed by atoms with Gasteiger partial charge in [-0.25, -0.2) is 4.98 Å². The lowest BCUT2D eigenvalue weighted by atomic mass is 9.93. The van der Waals surface area contributed by atoms with Gasteiger partial charge in [0, 0.05) is 23.0 Å². The summed E-state index contributed by atoms with van der Waals surface area (Å²) in [7, 11) is 0. The Morgan fingerprint density at radius 3 is 2.26 bits per heavy atom. The molecule has 43 heavy (non-hydrogen) atoms. The van der Waals surface area contributed by atoms with Crippen LogP contribution in [0.5, 0.6) is 0 Å². The average molecular weight is 570 g/mol. The van der Waals surface area contributed by atoms with Gasteiger partial charge in [-0.2, -0.15) is 23.7 Å². The van der Waals surface area contributed by atoms with Crippen molar-refractivity contribution in [2.24, 2.45) is 0 Å². The van der Waals surface area contributed by atoms with E-state index < -0.39 is 11.7 Å². The molecule has 4 aromatic carbocycles. The van der Waals surface area contributed by atoms with E-state index in [0.29, 0.717) is 34.6 Å². The third kappa shape index (κ3) is 5.07. The normalized spacial score (nSPS) is 11.3. The number of halogens is 3. The van der Waals surface area contributed by atoms with Gasteiger partial charge in [0.25, 0.3) is 0 Å². The van der Waals surface area contributed by atoms with E-state index in [-0.39, 0.29) is 5.57 Å². The number of hydrogen-bond donors (Lipinski definition) is 1. The SMILES string of the molecule is C=CCn1c(-c2nc3ccc(C(=C(C#N)C#N)c4ccccc4)cc3[nH]2)cc2cc(-c3ccc(C(F)(F)F)cc3)ccc21. The molecule has 208 valence electrons. The first kappa shape index (κ1) is 27.3. The Hall–Kier alpha value is -5.86. The molecule has 0 radical (unpaired) electrons. The molecule has 0 spiro atoms. The van der Waals surface area contributed by atoms with E-state index in [1.165, 1.54) is 12.1 Å². The fourth-order valence-corrected chi connectivity index (χ4v) is 5.31. The number of H-pyrrole nitrogens is 1. The van der Waals surface area contributed by atoms with Crippen molar-refractivity contribution in [2.75, 3.05) is 0 Å². The van der Waals surface area contributed by atoms with Gasteiger partial charge in [0.1, 0.15) is 17.7 Å². The highest BCUT2D eigenvalue weighted by Crippen LogP contribution is 2.35. The van der Waals surface area contributed by atoms with Crippen LogP contribution >= 0.6 is 0 Å². The Morgan fingerprint density at radius 2 is 1.58 bits per heavy atom. The van der Waals surface area contributed by atoms with E-state index >= 15 is 0 Å². The zero-order valence-corrected chi connectivity index (χ0v) is 22.7. The van der Waals surface area contributed by atoms with Crippen LogP contribution in [0.15, 0.2) is 115 Å². The second kappa shape index (κ2) is 10.8. The molecule has 0 aliphatic rings. The van der Waals surface area contributed by atoms with Gasteiger partial charge in [-0.3, -0.25) is 0 Å². The van der Waals surface area contributed by atoms with Crippen molar-refractivity contribution in [3.63, 3.8) is 0 Å². The predicted octanol–water partition coefficient (Wildman–Crippen LogP) is 8.91. The largest absolute Gasteiger partial charge is 0.416 e. The van der Waals surface area contributed by atoms with E-state index in [1.807, 2.05) is 84.9 Å². The second-order valence-electron chi connectivity index (χ2n) is 9.93. The summed E-state index contributed by atoms with van der Waals surface area (Å²) >= 11 is 0. The summed E-state index contributed by atoms with van der Waals surface area (Å²) in [6.07, 6.45) is -2.60. The number of nitrogens with one attached hydrogen (secondary N) is 1. The van der Waals surface area contributed by atoms with Crippen LogP contribution in [0.3, 0.4) is 0 Å². The fraction of sp³-hybridized carbons (Fsp3) is 0.0571. The highest BCUT2D eigenvalue weighted by Gasteiger charge is 2.30. The molecular formula is C35H22F3N5. The van der Waals surface area contributed by atoms with Crippen molar-refractivity contribution in [1.29, 1.82) is 10.5 Å². The summed E-state index contributed by atoms with van der Waals surface area (Å²) in [6, 6.07) is 31.8. The number of alkyl halides is 3. The molecule has 2 heterocycles. The van der Waals surface area contributed by atoms with Crippen LogP contribution in [0.2, 0.25) is 0 Å². The van der Waals surface area contributed by atoms with E-state index in [4.69, 9.17) is 4.98 Å². The molecule has 0 unspecified atom stereocenters.